The number of nitrogens with zero attached hydrogens (tertiary/aromatic N) is 2. The molecule has 1 amide bonds. The Bertz CT molecular complexity index is 1060. The van der Waals surface area contributed by atoms with Crippen molar-refractivity contribution in [3.8, 4) is 0 Å². The Morgan fingerprint density at radius 1 is 1.18 bits per heavy atom. The number of carbonyl (C=O) groups is 1. The Kier molecular flexibility index (Phi) is 8.11. The molecule has 11 heteroatoms. The number of rotatable bonds is 3. The van der Waals surface area contributed by atoms with Gasteiger partial charge < -0.3 is 9.45 Å². The summed E-state index contributed by atoms with van der Waals surface area (Å²) in [6.07, 6.45) is 0.197. The number of hydrogen-bond acceptors (Lipinski definition) is 6. The summed E-state index contributed by atoms with van der Waals surface area (Å²) in [4.78, 5) is 14.6. The molecule has 0 radical (unpaired) electrons. The minimum Gasteiger partial charge on any atom is -0.714 e. The van der Waals surface area contributed by atoms with Crippen LogP contribution in [0.4, 0.5) is 5.69 Å². The van der Waals surface area contributed by atoms with Crippen molar-refractivity contribution in [1.29, 1.82) is 0 Å². The first-order valence-electron chi connectivity index (χ1n) is 7.75. The summed E-state index contributed by atoms with van der Waals surface area (Å²) < 4.78 is 36.1. The van der Waals surface area contributed by atoms with Gasteiger partial charge in [-0.05, 0) is 48.9 Å². The Morgan fingerprint density at radius 2 is 1.82 bits per heavy atom. The Labute approximate surface area is 215 Å². The van der Waals surface area contributed by atoms with E-state index in [4.69, 9.17) is 23.2 Å². The van der Waals surface area contributed by atoms with Gasteiger partial charge in [-0.1, -0.05) is 28.4 Å². The summed E-state index contributed by atoms with van der Waals surface area (Å²) in [5.74, 6) is -0.260. The van der Waals surface area contributed by atoms with Crippen molar-refractivity contribution < 1.29 is 73.4 Å². The molecule has 1 heterocycles. The largest absolute Gasteiger partial charge is 1.00 e. The third kappa shape index (κ3) is 5.56. The van der Waals surface area contributed by atoms with E-state index < -0.39 is 10.4 Å². The van der Waals surface area contributed by atoms with Crippen LogP contribution in [0.2, 0.25) is 10.0 Å². The molecule has 0 spiro atoms. The smallest absolute Gasteiger partial charge is 0.714 e. The van der Waals surface area contributed by atoms with Gasteiger partial charge in [-0.3, -0.25) is 9.08 Å². The topological polar surface area (TPSA) is 99.1 Å². The number of benzene rings is 2. The van der Waals surface area contributed by atoms with Crippen molar-refractivity contribution in [3.05, 3.63) is 63.1 Å². The average Bonchev–Trinajstić information content (AvgIpc) is 2.58. The molecule has 0 saturated carbocycles. The Morgan fingerprint density at radius 3 is 2.46 bits per heavy atom. The van der Waals surface area contributed by atoms with Crippen molar-refractivity contribution in [2.75, 3.05) is 11.4 Å². The van der Waals surface area contributed by atoms with Gasteiger partial charge in [0.15, 0.2) is 0 Å². The van der Waals surface area contributed by atoms with Crippen LogP contribution in [0.5, 0.6) is 0 Å². The van der Waals surface area contributed by atoms with Crippen LogP contribution in [0.1, 0.15) is 27.9 Å². The van der Waals surface area contributed by atoms with Gasteiger partial charge in [-0.15, -0.1) is 0 Å². The standard InChI is InChI=1S/C17H14Cl2N2O5S.K/c1-10-8-11(18)2-4-13(10)17(22)21-7-6-15(20-26-27(23,24)25)14-5-3-12(19)9-16(14)21;/h2-5,8-9H,6-7H2,1H3,(H,23,24,25);/q;+1/p-1/b20-15-;. The van der Waals surface area contributed by atoms with Crippen molar-refractivity contribution in [1.82, 2.24) is 0 Å². The third-order valence-electron chi connectivity index (χ3n) is 4.04. The molecule has 1 aliphatic rings. The van der Waals surface area contributed by atoms with Crippen LogP contribution >= 0.6 is 23.2 Å². The van der Waals surface area contributed by atoms with E-state index in [1.807, 2.05) is 0 Å². The van der Waals surface area contributed by atoms with Gasteiger partial charge in [0.05, 0.1) is 11.4 Å². The Balaban J connectivity index is 0.00000280. The molecule has 0 N–H and O–H groups in total. The number of hydrogen-bond donors (Lipinski definition) is 0. The van der Waals surface area contributed by atoms with E-state index in [9.17, 15) is 17.8 Å². The molecule has 0 bridgehead atoms. The van der Waals surface area contributed by atoms with Crippen LogP contribution in [0.3, 0.4) is 0 Å². The molecule has 2 aromatic rings. The maximum absolute atomic E-state index is 13.1. The maximum Gasteiger partial charge on any atom is 1.00 e. The van der Waals surface area contributed by atoms with E-state index in [1.165, 1.54) is 4.90 Å². The average molecular weight is 467 g/mol. The summed E-state index contributed by atoms with van der Waals surface area (Å²) >= 11 is 12.0. The summed E-state index contributed by atoms with van der Waals surface area (Å²) in [6.45, 7) is 1.98. The van der Waals surface area contributed by atoms with Crippen LogP contribution in [-0.2, 0) is 14.7 Å². The SMILES string of the molecule is Cc1cc(Cl)ccc1C(=O)N1CC/C(=N/OS(=O)(=O)[O-])c2ccc(Cl)cc21.[K+]. The van der Waals surface area contributed by atoms with Gasteiger partial charge in [0.25, 0.3) is 16.3 Å². The first-order chi connectivity index (χ1) is 12.7. The molecule has 0 saturated heterocycles. The number of aryl methyl sites for hydroxylation is 1. The zero-order valence-electron chi connectivity index (χ0n) is 15.0. The molecule has 2 aromatic carbocycles. The normalized spacial score (nSPS) is 15.0. The summed E-state index contributed by atoms with van der Waals surface area (Å²) in [5, 5.41) is 4.35. The van der Waals surface area contributed by atoms with Crippen LogP contribution in [0, 0.1) is 6.92 Å². The first kappa shape index (κ1) is 23.8. The second-order valence-corrected chi connectivity index (χ2v) is 7.69. The minimum atomic E-state index is -4.97. The van der Waals surface area contributed by atoms with Gasteiger partial charge >= 0.3 is 51.4 Å². The fourth-order valence-electron chi connectivity index (χ4n) is 2.85. The second-order valence-electron chi connectivity index (χ2n) is 5.85. The van der Waals surface area contributed by atoms with Crippen molar-refractivity contribution >= 4 is 50.9 Å². The van der Waals surface area contributed by atoms with Crippen LogP contribution in [0.15, 0.2) is 41.6 Å². The molecular weight excluding hydrogens is 454 g/mol. The molecule has 0 unspecified atom stereocenters. The monoisotopic (exact) mass is 466 g/mol. The predicted octanol–water partition coefficient (Wildman–Crippen LogP) is 0.537. The molecule has 28 heavy (non-hydrogen) atoms. The molecule has 3 rings (SSSR count). The fourth-order valence-corrected chi connectivity index (χ4v) is 3.43. The van der Waals surface area contributed by atoms with Crippen molar-refractivity contribution in [2.45, 2.75) is 13.3 Å². The van der Waals surface area contributed by atoms with E-state index in [0.717, 1.165) is 5.56 Å². The van der Waals surface area contributed by atoms with E-state index >= 15 is 0 Å². The van der Waals surface area contributed by atoms with E-state index in [2.05, 4.69) is 9.44 Å². The minimum absolute atomic E-state index is 0. The predicted molar refractivity (Wildman–Crippen MR) is 101 cm³/mol. The summed E-state index contributed by atoms with van der Waals surface area (Å²) in [6, 6.07) is 9.69. The third-order valence-corrected chi connectivity index (χ3v) is 4.76. The quantitative estimate of drug-likeness (QED) is 0.284. The van der Waals surface area contributed by atoms with E-state index in [-0.39, 0.29) is 76.0 Å². The molecular formula is C17H13Cl2KN2O5S. The molecule has 0 fully saturated rings. The van der Waals surface area contributed by atoms with Crippen LogP contribution in [0.25, 0.3) is 0 Å². The number of fused-ring (bicyclic) bond motifs is 1. The van der Waals surface area contributed by atoms with Crippen LogP contribution in [-0.4, -0.2) is 31.1 Å². The molecule has 1 aliphatic heterocycles. The van der Waals surface area contributed by atoms with Crippen LogP contribution < -0.4 is 56.3 Å². The zero-order chi connectivity index (χ0) is 19.8. The van der Waals surface area contributed by atoms with Gasteiger partial charge in [0.2, 0.25) is 0 Å². The molecule has 142 valence electrons. The van der Waals surface area contributed by atoms with Gasteiger partial charge in [0.1, 0.15) is 0 Å². The van der Waals surface area contributed by atoms with Gasteiger partial charge in [-0.2, -0.15) is 8.42 Å². The van der Waals surface area contributed by atoms with E-state index in [1.54, 1.807) is 43.3 Å². The van der Waals surface area contributed by atoms with Gasteiger partial charge in [-0.25, -0.2) is 0 Å². The van der Waals surface area contributed by atoms with Crippen molar-refractivity contribution in [3.63, 3.8) is 0 Å². The number of amides is 1. The number of halogens is 2. The molecule has 0 aromatic heterocycles. The number of carbonyl (C=O) groups excluding carboxylic acids is 1. The number of anilines is 1. The molecule has 0 aliphatic carbocycles. The second kappa shape index (κ2) is 9.54. The zero-order valence-corrected chi connectivity index (χ0v) is 20.4. The number of oxime groups is 1. The van der Waals surface area contributed by atoms with Crippen molar-refractivity contribution in [2.24, 2.45) is 5.16 Å². The summed E-state index contributed by atoms with van der Waals surface area (Å²) in [7, 11) is -4.97. The van der Waals surface area contributed by atoms with Gasteiger partial charge in [0, 0.05) is 34.1 Å². The molecule has 7 nitrogen and oxygen atoms in total. The summed E-state index contributed by atoms with van der Waals surface area (Å²) in [5.41, 5.74) is 2.33. The fraction of sp³-hybridized carbons (Fsp3) is 0.176. The van der Waals surface area contributed by atoms with E-state index in [0.29, 0.717) is 26.9 Å². The first-order valence-corrected chi connectivity index (χ1v) is 9.84. The maximum atomic E-state index is 13.1. The molecule has 0 atom stereocenters. The Hall–Kier alpha value is -0.494.